The van der Waals surface area contributed by atoms with Gasteiger partial charge in [0.1, 0.15) is 5.70 Å². The van der Waals surface area contributed by atoms with E-state index in [9.17, 15) is 9.59 Å². The van der Waals surface area contributed by atoms with Crippen molar-refractivity contribution in [1.82, 2.24) is 4.90 Å². The number of aryl methyl sites for hydroxylation is 1. The van der Waals surface area contributed by atoms with Crippen LogP contribution in [0.15, 0.2) is 78.5 Å². The number of carbonyl (C=O) groups excluding carboxylic acids is 2. The van der Waals surface area contributed by atoms with Crippen molar-refractivity contribution in [2.24, 2.45) is 0 Å². The van der Waals surface area contributed by atoms with Crippen LogP contribution >= 0.6 is 11.6 Å². The van der Waals surface area contributed by atoms with Gasteiger partial charge in [-0.2, -0.15) is 0 Å². The van der Waals surface area contributed by atoms with E-state index in [0.717, 1.165) is 16.7 Å². The largest absolute Gasteiger partial charge is 0.365 e. The standard InChI is InChI=1S/C26H23ClN2O2/c1-17-12-14-20(15-13-17)23-24(28(3)16-19-8-5-4-6-9-19)26(31)29(25(23)30)22-11-7-10-21(27)18(22)2/h4-15H,16H2,1-3H3. The second-order valence-corrected chi connectivity index (χ2v) is 8.17. The third-order valence-corrected chi connectivity index (χ3v) is 5.93. The maximum atomic E-state index is 13.6. The van der Waals surface area contributed by atoms with Crippen molar-refractivity contribution >= 4 is 34.7 Å². The highest BCUT2D eigenvalue weighted by molar-refractivity contribution is 6.45. The fourth-order valence-electron chi connectivity index (χ4n) is 3.85. The van der Waals surface area contributed by atoms with Crippen LogP contribution in [0.3, 0.4) is 0 Å². The predicted octanol–water partition coefficient (Wildman–Crippen LogP) is 5.37. The first-order chi connectivity index (χ1) is 14.9. The molecule has 3 aromatic carbocycles. The van der Waals surface area contributed by atoms with E-state index in [2.05, 4.69) is 0 Å². The Kier molecular flexibility index (Phi) is 5.66. The minimum Gasteiger partial charge on any atom is -0.365 e. The van der Waals surface area contributed by atoms with Gasteiger partial charge < -0.3 is 4.90 Å². The predicted molar refractivity (Wildman–Crippen MR) is 125 cm³/mol. The maximum absolute atomic E-state index is 13.6. The molecule has 3 aromatic rings. The molecule has 156 valence electrons. The van der Waals surface area contributed by atoms with Gasteiger partial charge in [0.05, 0.1) is 11.3 Å². The molecule has 1 aliphatic rings. The zero-order valence-electron chi connectivity index (χ0n) is 17.7. The molecule has 0 saturated carbocycles. The molecule has 0 aliphatic carbocycles. The summed E-state index contributed by atoms with van der Waals surface area (Å²) in [6, 6.07) is 22.8. The molecule has 0 atom stereocenters. The van der Waals surface area contributed by atoms with E-state index >= 15 is 0 Å². The number of amides is 2. The molecular weight excluding hydrogens is 408 g/mol. The van der Waals surface area contributed by atoms with Gasteiger partial charge in [-0.1, -0.05) is 77.8 Å². The summed E-state index contributed by atoms with van der Waals surface area (Å²) < 4.78 is 0. The molecule has 1 aliphatic heterocycles. The molecule has 4 nitrogen and oxygen atoms in total. The molecule has 0 unspecified atom stereocenters. The van der Waals surface area contributed by atoms with E-state index < -0.39 is 0 Å². The lowest BCUT2D eigenvalue weighted by atomic mass is 10.0. The van der Waals surface area contributed by atoms with Gasteiger partial charge >= 0.3 is 0 Å². The van der Waals surface area contributed by atoms with Crippen LogP contribution in [-0.2, 0) is 16.1 Å². The lowest BCUT2D eigenvalue weighted by Crippen LogP contribution is -2.34. The SMILES string of the molecule is Cc1ccc(C2=C(N(C)Cc3ccccc3)C(=O)N(c3cccc(Cl)c3C)C2=O)cc1. The van der Waals surface area contributed by atoms with Gasteiger partial charge in [0.2, 0.25) is 0 Å². The van der Waals surface area contributed by atoms with Crippen LogP contribution in [0.25, 0.3) is 5.57 Å². The number of nitrogens with zero attached hydrogens (tertiary/aromatic N) is 2. The minimum atomic E-state index is -0.343. The molecule has 0 saturated heterocycles. The van der Waals surface area contributed by atoms with Crippen molar-refractivity contribution in [3.63, 3.8) is 0 Å². The van der Waals surface area contributed by atoms with Crippen LogP contribution in [0.5, 0.6) is 0 Å². The average Bonchev–Trinajstić information content (AvgIpc) is 3.02. The zero-order valence-corrected chi connectivity index (χ0v) is 18.5. The number of anilines is 1. The molecule has 0 radical (unpaired) electrons. The number of benzene rings is 3. The minimum absolute atomic E-state index is 0.339. The van der Waals surface area contributed by atoms with Crippen LogP contribution < -0.4 is 4.90 Å². The van der Waals surface area contributed by atoms with Gasteiger partial charge in [-0.05, 0) is 42.7 Å². The average molecular weight is 431 g/mol. The van der Waals surface area contributed by atoms with E-state index in [4.69, 9.17) is 11.6 Å². The molecular formula is C26H23ClN2O2. The summed E-state index contributed by atoms with van der Waals surface area (Å²) in [6.45, 7) is 4.31. The Morgan fingerprint density at radius 2 is 1.52 bits per heavy atom. The van der Waals surface area contributed by atoms with E-state index in [1.807, 2.05) is 80.4 Å². The lowest BCUT2D eigenvalue weighted by molar-refractivity contribution is -0.120. The smallest absolute Gasteiger partial charge is 0.282 e. The Balaban J connectivity index is 1.83. The Morgan fingerprint density at radius 1 is 0.839 bits per heavy atom. The van der Waals surface area contributed by atoms with Crippen LogP contribution in [0.1, 0.15) is 22.3 Å². The van der Waals surface area contributed by atoms with Crippen molar-refractivity contribution < 1.29 is 9.59 Å². The number of hydrogen-bond donors (Lipinski definition) is 0. The molecule has 2 amide bonds. The Hall–Kier alpha value is -3.37. The van der Waals surface area contributed by atoms with Crippen molar-refractivity contribution in [2.45, 2.75) is 20.4 Å². The summed E-state index contributed by atoms with van der Waals surface area (Å²) in [5.74, 6) is -0.682. The third kappa shape index (κ3) is 3.87. The van der Waals surface area contributed by atoms with Crippen LogP contribution in [-0.4, -0.2) is 23.8 Å². The Labute approximate surface area is 187 Å². The molecule has 1 heterocycles. The van der Waals surface area contributed by atoms with Gasteiger partial charge in [0.15, 0.2) is 0 Å². The fourth-order valence-corrected chi connectivity index (χ4v) is 4.02. The van der Waals surface area contributed by atoms with Gasteiger partial charge in [-0.15, -0.1) is 0 Å². The summed E-state index contributed by atoms with van der Waals surface area (Å²) >= 11 is 6.29. The monoisotopic (exact) mass is 430 g/mol. The van der Waals surface area contributed by atoms with E-state index in [1.54, 1.807) is 18.2 Å². The van der Waals surface area contributed by atoms with E-state index in [1.165, 1.54) is 4.90 Å². The van der Waals surface area contributed by atoms with Crippen LogP contribution in [0, 0.1) is 13.8 Å². The molecule has 4 rings (SSSR count). The number of rotatable bonds is 5. The number of carbonyl (C=O) groups is 2. The summed E-state index contributed by atoms with van der Waals surface area (Å²) in [4.78, 5) is 30.3. The van der Waals surface area contributed by atoms with Crippen molar-refractivity contribution in [2.75, 3.05) is 11.9 Å². The third-order valence-electron chi connectivity index (χ3n) is 5.52. The van der Waals surface area contributed by atoms with Crippen molar-refractivity contribution in [1.29, 1.82) is 0 Å². The van der Waals surface area contributed by atoms with Crippen LogP contribution in [0.4, 0.5) is 5.69 Å². The highest BCUT2D eigenvalue weighted by atomic mass is 35.5. The Morgan fingerprint density at radius 3 is 2.19 bits per heavy atom. The van der Waals surface area contributed by atoms with E-state index in [-0.39, 0.29) is 11.8 Å². The molecule has 31 heavy (non-hydrogen) atoms. The molecule has 0 aromatic heterocycles. The zero-order chi connectivity index (χ0) is 22.1. The first-order valence-corrected chi connectivity index (χ1v) is 10.5. The summed E-state index contributed by atoms with van der Waals surface area (Å²) in [5.41, 5.74) is 4.86. The number of halogens is 1. The number of imide groups is 1. The summed E-state index contributed by atoms with van der Waals surface area (Å²) in [6.07, 6.45) is 0. The second kappa shape index (κ2) is 8.40. The molecule has 0 bridgehead atoms. The highest BCUT2D eigenvalue weighted by Crippen LogP contribution is 2.37. The van der Waals surface area contributed by atoms with Crippen LogP contribution in [0.2, 0.25) is 5.02 Å². The molecule has 0 spiro atoms. The number of hydrogen-bond acceptors (Lipinski definition) is 3. The van der Waals surface area contributed by atoms with Crippen molar-refractivity contribution in [3.05, 3.63) is 106 Å². The fraction of sp³-hybridized carbons (Fsp3) is 0.154. The molecule has 5 heteroatoms. The topological polar surface area (TPSA) is 40.6 Å². The van der Waals surface area contributed by atoms with Gasteiger partial charge in [-0.3, -0.25) is 9.59 Å². The normalized spacial score (nSPS) is 13.9. The van der Waals surface area contributed by atoms with Gasteiger partial charge in [0.25, 0.3) is 11.8 Å². The molecule has 0 N–H and O–H groups in total. The quantitative estimate of drug-likeness (QED) is 0.511. The summed E-state index contributed by atoms with van der Waals surface area (Å²) in [7, 11) is 1.84. The highest BCUT2D eigenvalue weighted by Gasteiger charge is 2.42. The molecule has 0 fully saturated rings. The van der Waals surface area contributed by atoms with Gasteiger partial charge in [0, 0.05) is 18.6 Å². The number of likely N-dealkylation sites (N-methyl/N-ethyl adjacent to an activating group) is 1. The Bertz CT molecular complexity index is 1180. The first kappa shape index (κ1) is 20.9. The maximum Gasteiger partial charge on any atom is 0.282 e. The summed E-state index contributed by atoms with van der Waals surface area (Å²) in [5, 5.41) is 0.515. The van der Waals surface area contributed by atoms with E-state index in [0.29, 0.717) is 34.1 Å². The second-order valence-electron chi connectivity index (χ2n) is 7.76. The van der Waals surface area contributed by atoms with Crippen molar-refractivity contribution in [3.8, 4) is 0 Å². The first-order valence-electron chi connectivity index (χ1n) is 10.1. The lowest BCUT2D eigenvalue weighted by Gasteiger charge is -2.22. The van der Waals surface area contributed by atoms with Gasteiger partial charge in [-0.25, -0.2) is 4.90 Å².